The Labute approximate surface area is 151 Å². The van der Waals surface area contributed by atoms with Gasteiger partial charge in [-0.25, -0.2) is 4.79 Å². The first-order valence-corrected chi connectivity index (χ1v) is 9.01. The number of aromatic carboxylic acids is 1. The SMILES string of the molecule is Nc1ccc(N)c(OCCCS(=O)(=O)O)c1.Nc1cccc(C(=O)O)c1. The zero-order valence-electron chi connectivity index (χ0n) is 13.8. The van der Waals surface area contributed by atoms with Crippen molar-refractivity contribution in [2.24, 2.45) is 0 Å². The Morgan fingerprint density at radius 1 is 1.04 bits per heavy atom. The molecule has 10 heteroatoms. The molecule has 0 radical (unpaired) electrons. The quantitative estimate of drug-likeness (QED) is 0.280. The molecule has 0 aliphatic heterocycles. The van der Waals surface area contributed by atoms with Gasteiger partial charge in [-0.2, -0.15) is 8.42 Å². The van der Waals surface area contributed by atoms with Crippen LogP contribution in [0.25, 0.3) is 0 Å². The minimum atomic E-state index is -3.93. The van der Waals surface area contributed by atoms with Gasteiger partial charge in [-0.1, -0.05) is 6.07 Å². The third kappa shape index (κ3) is 8.22. The summed E-state index contributed by atoms with van der Waals surface area (Å²) in [6.45, 7) is 0.146. The van der Waals surface area contributed by atoms with E-state index < -0.39 is 16.1 Å². The van der Waals surface area contributed by atoms with E-state index in [1.807, 2.05) is 0 Å². The number of nitrogens with two attached hydrogens (primary N) is 3. The number of benzene rings is 2. The molecular formula is C16H21N3O6S. The minimum Gasteiger partial charge on any atom is -0.491 e. The maximum absolute atomic E-state index is 10.4. The van der Waals surface area contributed by atoms with Gasteiger partial charge < -0.3 is 27.0 Å². The molecule has 0 amide bonds. The number of hydrogen-bond donors (Lipinski definition) is 5. The molecule has 0 spiro atoms. The summed E-state index contributed by atoms with van der Waals surface area (Å²) in [5.74, 6) is -0.877. The predicted octanol–water partition coefficient (Wildman–Crippen LogP) is 1.47. The number of anilines is 3. The summed E-state index contributed by atoms with van der Waals surface area (Å²) in [7, 11) is -3.93. The Hall–Kier alpha value is -2.98. The molecule has 0 saturated carbocycles. The first-order valence-electron chi connectivity index (χ1n) is 7.40. The second kappa shape index (κ2) is 9.49. The van der Waals surface area contributed by atoms with Crippen LogP contribution in [0.5, 0.6) is 5.75 Å². The molecule has 0 aliphatic rings. The van der Waals surface area contributed by atoms with Crippen LogP contribution in [-0.2, 0) is 10.1 Å². The van der Waals surface area contributed by atoms with Crippen molar-refractivity contribution >= 4 is 33.1 Å². The van der Waals surface area contributed by atoms with Gasteiger partial charge in [0, 0.05) is 17.4 Å². The second-order valence-electron chi connectivity index (χ2n) is 5.22. The van der Waals surface area contributed by atoms with Gasteiger partial charge >= 0.3 is 5.97 Å². The van der Waals surface area contributed by atoms with Crippen LogP contribution in [0, 0.1) is 0 Å². The molecular weight excluding hydrogens is 362 g/mol. The maximum Gasteiger partial charge on any atom is 0.335 e. The molecule has 2 rings (SSSR count). The van der Waals surface area contributed by atoms with Crippen molar-refractivity contribution in [3.05, 3.63) is 48.0 Å². The number of carbonyl (C=O) groups is 1. The molecule has 142 valence electrons. The van der Waals surface area contributed by atoms with Crippen molar-refractivity contribution in [3.8, 4) is 5.75 Å². The molecule has 26 heavy (non-hydrogen) atoms. The normalized spacial score (nSPS) is 10.5. The molecule has 0 aromatic heterocycles. The van der Waals surface area contributed by atoms with Gasteiger partial charge in [-0.15, -0.1) is 0 Å². The Morgan fingerprint density at radius 2 is 1.69 bits per heavy atom. The van der Waals surface area contributed by atoms with E-state index in [9.17, 15) is 13.2 Å². The molecule has 9 nitrogen and oxygen atoms in total. The molecule has 0 aliphatic carbocycles. The smallest absolute Gasteiger partial charge is 0.335 e. The lowest BCUT2D eigenvalue weighted by Crippen LogP contribution is -2.09. The van der Waals surface area contributed by atoms with Crippen LogP contribution >= 0.6 is 0 Å². The Morgan fingerprint density at radius 3 is 2.23 bits per heavy atom. The highest BCUT2D eigenvalue weighted by molar-refractivity contribution is 7.85. The number of rotatable bonds is 6. The van der Waals surface area contributed by atoms with Crippen molar-refractivity contribution in [2.45, 2.75) is 6.42 Å². The Bertz CT molecular complexity index is 855. The lowest BCUT2D eigenvalue weighted by atomic mass is 10.2. The van der Waals surface area contributed by atoms with E-state index in [4.69, 9.17) is 31.6 Å². The highest BCUT2D eigenvalue weighted by atomic mass is 32.2. The topological polar surface area (TPSA) is 179 Å². The van der Waals surface area contributed by atoms with E-state index in [1.165, 1.54) is 12.1 Å². The summed E-state index contributed by atoms with van der Waals surface area (Å²) >= 11 is 0. The van der Waals surface area contributed by atoms with E-state index in [2.05, 4.69) is 0 Å². The van der Waals surface area contributed by atoms with E-state index >= 15 is 0 Å². The molecule has 8 N–H and O–H groups in total. The summed E-state index contributed by atoms with van der Waals surface area (Å²) in [6.07, 6.45) is 0.188. The fraction of sp³-hybridized carbons (Fsp3) is 0.188. The van der Waals surface area contributed by atoms with Gasteiger partial charge in [0.05, 0.1) is 23.6 Å². The lowest BCUT2D eigenvalue weighted by Gasteiger charge is -2.08. The monoisotopic (exact) mass is 383 g/mol. The molecule has 0 atom stereocenters. The number of nitrogen functional groups attached to an aromatic ring is 3. The summed E-state index contributed by atoms with van der Waals surface area (Å²) < 4.78 is 34.6. The zero-order chi connectivity index (χ0) is 19.7. The molecule has 0 saturated heterocycles. The van der Waals surface area contributed by atoms with Crippen LogP contribution in [-0.4, -0.2) is 36.4 Å². The summed E-state index contributed by atoms with van der Waals surface area (Å²) in [4.78, 5) is 10.3. The number of carboxylic acid groups (broad SMARTS) is 1. The standard InChI is InChI=1S/C9H14N2O4S.C7H7NO2/c10-7-2-3-8(11)9(6-7)15-4-1-5-16(12,13)14;8-6-3-1-2-5(4-6)7(9)10/h2-3,6H,1,4-5,10-11H2,(H,12,13,14);1-4H,8H2,(H,9,10). The fourth-order valence-corrected chi connectivity index (χ4v) is 2.25. The van der Waals surface area contributed by atoms with Crippen LogP contribution in [0.4, 0.5) is 17.1 Å². The van der Waals surface area contributed by atoms with E-state index in [0.717, 1.165) is 0 Å². The van der Waals surface area contributed by atoms with Gasteiger partial charge in [0.2, 0.25) is 0 Å². The fourth-order valence-electron chi connectivity index (χ4n) is 1.77. The third-order valence-electron chi connectivity index (χ3n) is 2.98. The first kappa shape index (κ1) is 21.1. The van der Waals surface area contributed by atoms with E-state index in [0.29, 0.717) is 22.8 Å². The van der Waals surface area contributed by atoms with Crippen LogP contribution in [0.1, 0.15) is 16.8 Å². The second-order valence-corrected chi connectivity index (χ2v) is 6.79. The largest absolute Gasteiger partial charge is 0.491 e. The summed E-state index contributed by atoms with van der Waals surface area (Å²) in [6, 6.07) is 11.0. The lowest BCUT2D eigenvalue weighted by molar-refractivity contribution is 0.0697. The van der Waals surface area contributed by atoms with Gasteiger partial charge in [0.15, 0.2) is 0 Å². The van der Waals surface area contributed by atoms with Gasteiger partial charge in [-0.3, -0.25) is 4.55 Å². The molecule has 0 bridgehead atoms. The van der Waals surface area contributed by atoms with Crippen LogP contribution in [0.2, 0.25) is 0 Å². The van der Waals surface area contributed by atoms with E-state index in [-0.39, 0.29) is 24.3 Å². The Kier molecular flexibility index (Phi) is 7.69. The molecule has 0 fully saturated rings. The minimum absolute atomic E-state index is 0.146. The summed E-state index contributed by atoms with van der Waals surface area (Å²) in [5, 5.41) is 8.45. The maximum atomic E-state index is 10.4. The highest BCUT2D eigenvalue weighted by Gasteiger charge is 2.05. The van der Waals surface area contributed by atoms with Gasteiger partial charge in [0.1, 0.15) is 5.75 Å². The van der Waals surface area contributed by atoms with Crippen LogP contribution in [0.3, 0.4) is 0 Å². The summed E-state index contributed by atoms with van der Waals surface area (Å²) in [5.41, 5.74) is 18.1. The van der Waals surface area contributed by atoms with Crippen molar-refractivity contribution in [2.75, 3.05) is 29.6 Å². The zero-order valence-corrected chi connectivity index (χ0v) is 14.6. The third-order valence-corrected chi connectivity index (χ3v) is 3.78. The van der Waals surface area contributed by atoms with Crippen LogP contribution in [0.15, 0.2) is 42.5 Å². The first-order chi connectivity index (χ1) is 12.1. The molecule has 2 aromatic carbocycles. The van der Waals surface area contributed by atoms with Crippen molar-refractivity contribution in [1.29, 1.82) is 0 Å². The van der Waals surface area contributed by atoms with Crippen molar-refractivity contribution < 1.29 is 27.6 Å². The molecule has 0 unspecified atom stereocenters. The predicted molar refractivity (Wildman–Crippen MR) is 99.6 cm³/mol. The number of carboxylic acids is 1. The van der Waals surface area contributed by atoms with Crippen LogP contribution < -0.4 is 21.9 Å². The Balaban J connectivity index is 0.000000289. The highest BCUT2D eigenvalue weighted by Crippen LogP contribution is 2.23. The number of ether oxygens (including phenoxy) is 1. The average Bonchev–Trinajstić information content (AvgIpc) is 2.54. The van der Waals surface area contributed by atoms with Crippen molar-refractivity contribution in [1.82, 2.24) is 0 Å². The molecule has 0 heterocycles. The van der Waals surface area contributed by atoms with Gasteiger partial charge in [0.25, 0.3) is 10.1 Å². The van der Waals surface area contributed by atoms with E-state index in [1.54, 1.807) is 30.3 Å². The number of hydrogen-bond acceptors (Lipinski definition) is 7. The van der Waals surface area contributed by atoms with Gasteiger partial charge in [-0.05, 0) is 36.8 Å². The van der Waals surface area contributed by atoms with Crippen molar-refractivity contribution in [3.63, 3.8) is 0 Å². The average molecular weight is 383 g/mol. The molecule has 2 aromatic rings.